The Kier molecular flexibility index (Phi) is 2.69. The lowest BCUT2D eigenvalue weighted by Gasteiger charge is -2.47. The van der Waals surface area contributed by atoms with E-state index in [1.807, 2.05) is 6.92 Å². The quantitative estimate of drug-likeness (QED) is 0.491. The van der Waals surface area contributed by atoms with Crippen LogP contribution in [0.3, 0.4) is 0 Å². The number of carbonyl (C=O) groups is 3. The Morgan fingerprint density at radius 1 is 0.885 bits per heavy atom. The molecule has 0 amide bonds. The van der Waals surface area contributed by atoms with Crippen LogP contribution in [0.2, 0.25) is 0 Å². The number of carbonyl (C=O) groups excluding carboxylic acids is 3. The Hall–Kier alpha value is -1.19. The van der Waals surface area contributed by atoms with Crippen LogP contribution in [0.25, 0.3) is 0 Å². The van der Waals surface area contributed by atoms with Crippen molar-refractivity contribution in [3.63, 3.8) is 0 Å². The van der Waals surface area contributed by atoms with Gasteiger partial charge in [-0.1, -0.05) is 41.5 Å². The average molecular weight is 358 g/mol. The standard InChI is InChI=1S/C22H30O4/c1-18(2)11-7-9-20(18,5)15-13(11)14(23)22(17(25)26-15)12-8-10-21(6,16(22)24)19(12,3)4/h11-13,15H,7-10H2,1-6H3/t11-,12?,13?,15?,20+,21?,22-/m1/s1. The molecule has 5 fully saturated rings. The Balaban J connectivity index is 1.69. The summed E-state index contributed by atoms with van der Waals surface area (Å²) in [5.41, 5.74) is -2.70. The van der Waals surface area contributed by atoms with Gasteiger partial charge in [0, 0.05) is 10.8 Å². The van der Waals surface area contributed by atoms with Gasteiger partial charge in [0.05, 0.1) is 5.92 Å². The van der Waals surface area contributed by atoms with Gasteiger partial charge in [-0.3, -0.25) is 14.4 Å². The molecule has 4 bridgehead atoms. The number of fused-ring (bicyclic) bond motifs is 8. The van der Waals surface area contributed by atoms with Crippen LogP contribution < -0.4 is 0 Å². The third-order valence-electron chi connectivity index (χ3n) is 10.6. The number of Topliss-reactive ketones (excluding diaryl/α,β-unsaturated/α-hetero) is 2. The molecule has 4 heteroatoms. The van der Waals surface area contributed by atoms with Gasteiger partial charge < -0.3 is 4.74 Å². The molecule has 0 aromatic heterocycles. The SMILES string of the molecule is CC12CCC(C1(C)C)[C@]1(C(=O)OC3C(C1=O)[C@H]1CC[C@]3(C)C1(C)C)C2=O. The van der Waals surface area contributed by atoms with Crippen LogP contribution in [0.5, 0.6) is 0 Å². The normalized spacial score (nSPS) is 55.5. The van der Waals surface area contributed by atoms with E-state index in [4.69, 9.17) is 4.74 Å². The maximum absolute atomic E-state index is 14.0. The molecule has 4 aliphatic carbocycles. The lowest BCUT2D eigenvalue weighted by molar-refractivity contribution is -0.194. The predicted octanol–water partition coefficient (Wildman–Crippen LogP) is 3.56. The van der Waals surface area contributed by atoms with E-state index < -0.39 is 16.8 Å². The zero-order valence-corrected chi connectivity index (χ0v) is 16.8. The topological polar surface area (TPSA) is 60.4 Å². The van der Waals surface area contributed by atoms with Crippen molar-refractivity contribution in [3.8, 4) is 0 Å². The van der Waals surface area contributed by atoms with Crippen molar-refractivity contribution in [1.82, 2.24) is 0 Å². The molecule has 5 rings (SSSR count). The van der Waals surface area contributed by atoms with E-state index in [0.717, 1.165) is 25.7 Å². The fourth-order valence-electron chi connectivity index (χ4n) is 8.18. The largest absolute Gasteiger partial charge is 0.460 e. The van der Waals surface area contributed by atoms with E-state index in [0.29, 0.717) is 0 Å². The van der Waals surface area contributed by atoms with Crippen molar-refractivity contribution in [3.05, 3.63) is 0 Å². The van der Waals surface area contributed by atoms with Gasteiger partial charge in [0.25, 0.3) is 0 Å². The van der Waals surface area contributed by atoms with Crippen LogP contribution in [-0.2, 0) is 19.1 Å². The molecule has 0 N–H and O–H groups in total. The summed E-state index contributed by atoms with van der Waals surface area (Å²) >= 11 is 0. The third-order valence-corrected chi connectivity index (χ3v) is 10.6. The summed E-state index contributed by atoms with van der Waals surface area (Å²) in [6, 6.07) is 0. The zero-order valence-electron chi connectivity index (χ0n) is 16.8. The van der Waals surface area contributed by atoms with Gasteiger partial charge in [0.15, 0.2) is 17.0 Å². The van der Waals surface area contributed by atoms with E-state index in [1.54, 1.807) is 0 Å². The maximum atomic E-state index is 14.0. The van der Waals surface area contributed by atoms with E-state index in [9.17, 15) is 14.4 Å². The molecule has 7 atom stereocenters. The molecule has 5 aliphatic rings. The Morgan fingerprint density at radius 2 is 1.54 bits per heavy atom. The first kappa shape index (κ1) is 16.9. The second kappa shape index (κ2) is 4.12. The highest BCUT2D eigenvalue weighted by Crippen LogP contribution is 2.76. The fraction of sp³-hybridized carbons (Fsp3) is 0.864. The number of hydrogen-bond donors (Lipinski definition) is 0. The van der Waals surface area contributed by atoms with Crippen LogP contribution >= 0.6 is 0 Å². The van der Waals surface area contributed by atoms with Gasteiger partial charge in [-0.05, 0) is 48.3 Å². The highest BCUT2D eigenvalue weighted by Gasteiger charge is 2.83. The lowest BCUT2D eigenvalue weighted by atomic mass is 9.59. The third kappa shape index (κ3) is 1.26. The Morgan fingerprint density at radius 3 is 2.12 bits per heavy atom. The molecule has 4 saturated carbocycles. The molecule has 4 unspecified atom stereocenters. The first-order valence-corrected chi connectivity index (χ1v) is 10.2. The van der Waals surface area contributed by atoms with Gasteiger partial charge in [-0.15, -0.1) is 0 Å². The van der Waals surface area contributed by atoms with E-state index in [1.165, 1.54) is 0 Å². The van der Waals surface area contributed by atoms with Crippen LogP contribution in [-0.4, -0.2) is 23.6 Å². The molecular formula is C22H30O4. The van der Waals surface area contributed by atoms with Crippen LogP contribution in [0, 0.1) is 44.8 Å². The monoisotopic (exact) mass is 358 g/mol. The highest BCUT2D eigenvalue weighted by atomic mass is 16.6. The molecule has 4 nitrogen and oxygen atoms in total. The van der Waals surface area contributed by atoms with Gasteiger partial charge in [-0.2, -0.15) is 0 Å². The molecule has 0 aromatic rings. The van der Waals surface area contributed by atoms with Gasteiger partial charge >= 0.3 is 5.97 Å². The first-order chi connectivity index (χ1) is 11.9. The number of ether oxygens (including phenoxy) is 1. The van der Waals surface area contributed by atoms with E-state index >= 15 is 0 Å². The summed E-state index contributed by atoms with van der Waals surface area (Å²) in [5.74, 6) is -1.08. The molecule has 1 saturated heterocycles. The second-order valence-electron chi connectivity index (χ2n) is 11.3. The predicted molar refractivity (Wildman–Crippen MR) is 95.0 cm³/mol. The minimum atomic E-state index is -1.53. The molecule has 1 spiro atoms. The molecule has 142 valence electrons. The van der Waals surface area contributed by atoms with Gasteiger partial charge in [-0.25, -0.2) is 0 Å². The minimum absolute atomic E-state index is 0.0517. The van der Waals surface area contributed by atoms with Crippen molar-refractivity contribution in [2.45, 2.75) is 73.3 Å². The van der Waals surface area contributed by atoms with Crippen LogP contribution in [0.15, 0.2) is 0 Å². The smallest absolute Gasteiger partial charge is 0.327 e. The summed E-state index contributed by atoms with van der Waals surface area (Å²) < 4.78 is 6.07. The lowest BCUT2D eigenvalue weighted by Crippen LogP contribution is -2.63. The van der Waals surface area contributed by atoms with Crippen molar-refractivity contribution in [2.75, 3.05) is 0 Å². The Bertz CT molecular complexity index is 779. The van der Waals surface area contributed by atoms with Crippen molar-refractivity contribution < 1.29 is 19.1 Å². The molecular weight excluding hydrogens is 328 g/mol. The molecule has 1 aliphatic heterocycles. The summed E-state index contributed by atoms with van der Waals surface area (Å²) in [7, 11) is 0. The number of hydrogen-bond acceptors (Lipinski definition) is 4. The highest BCUT2D eigenvalue weighted by molar-refractivity contribution is 6.27. The molecule has 0 aromatic carbocycles. The second-order valence-corrected chi connectivity index (χ2v) is 11.3. The molecule has 1 heterocycles. The number of esters is 1. The molecule has 0 radical (unpaired) electrons. The van der Waals surface area contributed by atoms with Crippen molar-refractivity contribution in [2.24, 2.45) is 44.8 Å². The first-order valence-electron chi connectivity index (χ1n) is 10.2. The van der Waals surface area contributed by atoms with Gasteiger partial charge in [0.1, 0.15) is 6.10 Å². The van der Waals surface area contributed by atoms with Crippen molar-refractivity contribution in [1.29, 1.82) is 0 Å². The maximum Gasteiger partial charge on any atom is 0.327 e. The summed E-state index contributed by atoms with van der Waals surface area (Å²) in [6.07, 6.45) is 3.15. The number of ketones is 2. The summed E-state index contributed by atoms with van der Waals surface area (Å²) in [6.45, 7) is 12.7. The average Bonchev–Trinajstić information content (AvgIpc) is 3.03. The number of rotatable bonds is 0. The Labute approximate surface area is 155 Å². The van der Waals surface area contributed by atoms with E-state index in [-0.39, 0.29) is 51.7 Å². The van der Waals surface area contributed by atoms with Crippen LogP contribution in [0.1, 0.15) is 67.2 Å². The summed E-state index contributed by atoms with van der Waals surface area (Å²) in [5, 5.41) is 0. The van der Waals surface area contributed by atoms with Crippen LogP contribution in [0.4, 0.5) is 0 Å². The van der Waals surface area contributed by atoms with E-state index in [2.05, 4.69) is 34.6 Å². The zero-order chi connectivity index (χ0) is 19.1. The van der Waals surface area contributed by atoms with Crippen molar-refractivity contribution >= 4 is 17.5 Å². The fourth-order valence-corrected chi connectivity index (χ4v) is 8.18. The minimum Gasteiger partial charge on any atom is -0.460 e. The summed E-state index contributed by atoms with van der Waals surface area (Å²) in [4.78, 5) is 41.0. The van der Waals surface area contributed by atoms with Gasteiger partial charge in [0.2, 0.25) is 0 Å². The molecule has 26 heavy (non-hydrogen) atoms.